The van der Waals surface area contributed by atoms with Crippen LogP contribution in [-0.2, 0) is 32.5 Å². The zero-order chi connectivity index (χ0) is 29.6. The average molecular weight is 633 g/mol. The first-order chi connectivity index (χ1) is 17.9. The minimum atomic E-state index is -4.25. The Hall–Kier alpha value is -0.990. The van der Waals surface area contributed by atoms with Gasteiger partial charge in [0.1, 0.15) is 23.5 Å². The molecule has 39 heavy (non-hydrogen) atoms. The molecule has 0 aromatic carbocycles. The SMILES string of the molecule is CC(C)(C)C(=O)SCCOP(=O)(OCCSC(=O)C(C)(C)C)OC[C@@H]1O[C@H](n2cc(Cl)c(=O)[nH]c2=O)C[C@H]1F. The van der Waals surface area contributed by atoms with Gasteiger partial charge in [0.15, 0.2) is 10.2 Å². The van der Waals surface area contributed by atoms with Crippen molar-refractivity contribution in [1.82, 2.24) is 9.55 Å². The molecule has 2 heterocycles. The smallest absolute Gasteiger partial charge is 0.349 e. The number of ether oxygens (including phenoxy) is 1. The normalized spacial score (nSPS) is 20.4. The van der Waals surface area contributed by atoms with E-state index in [1.807, 2.05) is 4.98 Å². The van der Waals surface area contributed by atoms with Crippen LogP contribution in [0.15, 0.2) is 15.8 Å². The average Bonchev–Trinajstić information content (AvgIpc) is 3.19. The number of carbonyl (C=O) groups is 2. The quantitative estimate of drug-likeness (QED) is 0.255. The highest BCUT2D eigenvalue weighted by Gasteiger charge is 2.40. The van der Waals surface area contributed by atoms with E-state index < -0.39 is 55.0 Å². The van der Waals surface area contributed by atoms with Crippen molar-refractivity contribution < 1.29 is 36.9 Å². The van der Waals surface area contributed by atoms with E-state index in [-0.39, 0.29) is 46.4 Å². The Kier molecular flexibility index (Phi) is 12.5. The maximum atomic E-state index is 14.7. The van der Waals surface area contributed by atoms with E-state index in [0.717, 1.165) is 34.3 Å². The van der Waals surface area contributed by atoms with Gasteiger partial charge in [0.2, 0.25) is 0 Å². The van der Waals surface area contributed by atoms with Gasteiger partial charge >= 0.3 is 13.5 Å². The van der Waals surface area contributed by atoms with Crippen LogP contribution >= 0.6 is 42.9 Å². The molecule has 0 aliphatic carbocycles. The fourth-order valence-electron chi connectivity index (χ4n) is 2.96. The van der Waals surface area contributed by atoms with Crippen LogP contribution in [0.2, 0.25) is 5.02 Å². The van der Waals surface area contributed by atoms with Gasteiger partial charge < -0.3 is 4.74 Å². The van der Waals surface area contributed by atoms with Crippen LogP contribution in [0.25, 0.3) is 0 Å². The highest BCUT2D eigenvalue weighted by atomic mass is 35.5. The van der Waals surface area contributed by atoms with Gasteiger partial charge in [0, 0.05) is 35.0 Å². The number of phosphoric acid groups is 1. The van der Waals surface area contributed by atoms with Crippen LogP contribution in [0, 0.1) is 10.8 Å². The van der Waals surface area contributed by atoms with Gasteiger partial charge in [0.05, 0.1) is 19.8 Å². The summed E-state index contributed by atoms with van der Waals surface area (Å²) in [5.41, 5.74) is -2.75. The molecule has 1 aliphatic heterocycles. The van der Waals surface area contributed by atoms with Gasteiger partial charge in [-0.25, -0.2) is 13.8 Å². The minimum absolute atomic E-state index is 0.0804. The summed E-state index contributed by atoms with van der Waals surface area (Å²) in [6.07, 6.45) is -3.13. The van der Waals surface area contributed by atoms with Gasteiger partial charge in [0.25, 0.3) is 5.56 Å². The zero-order valence-corrected chi connectivity index (χ0v) is 26.0. The third-order valence-electron chi connectivity index (χ3n) is 5.15. The molecule has 1 aliphatic rings. The standard InChI is InChI=1S/C23H35ClFN2O9PS2/c1-22(2,3)19(29)38-9-7-33-37(32,34-8-10-39-20(30)23(4,5)6)35-13-16-15(25)11-17(36-16)27-12-14(24)18(28)26-21(27)31/h12,15-17H,7-11,13H2,1-6H3,(H,26,28,31)/t15-,16+,17+/m1/s1. The predicted molar refractivity (Wildman–Crippen MR) is 149 cm³/mol. The molecular weight excluding hydrogens is 598 g/mol. The Bertz CT molecular complexity index is 1140. The lowest BCUT2D eigenvalue weighted by atomic mass is 9.99. The summed E-state index contributed by atoms with van der Waals surface area (Å²) >= 11 is 7.79. The Balaban J connectivity index is 2.01. The molecule has 1 N–H and O–H groups in total. The molecule has 1 saturated heterocycles. The molecule has 0 amide bonds. The lowest BCUT2D eigenvalue weighted by Gasteiger charge is -2.21. The topological polar surface area (TPSA) is 143 Å². The fraction of sp³-hybridized carbons (Fsp3) is 0.739. The van der Waals surface area contributed by atoms with Crippen LogP contribution in [0.3, 0.4) is 0 Å². The van der Waals surface area contributed by atoms with Crippen molar-refractivity contribution in [1.29, 1.82) is 0 Å². The fourth-order valence-corrected chi connectivity index (χ4v) is 6.11. The first kappa shape index (κ1) is 34.2. The lowest BCUT2D eigenvalue weighted by Crippen LogP contribution is -2.32. The van der Waals surface area contributed by atoms with Gasteiger partial charge in [-0.05, 0) is 0 Å². The van der Waals surface area contributed by atoms with Crippen LogP contribution in [0.1, 0.15) is 54.2 Å². The van der Waals surface area contributed by atoms with Crippen LogP contribution < -0.4 is 11.2 Å². The molecule has 0 spiro atoms. The largest absolute Gasteiger partial charge is 0.474 e. The highest BCUT2D eigenvalue weighted by molar-refractivity contribution is 8.14. The Labute approximate surface area is 239 Å². The summed E-state index contributed by atoms with van der Waals surface area (Å²) in [6, 6.07) is 0. The number of rotatable bonds is 12. The number of aromatic amines is 1. The molecule has 0 unspecified atom stereocenters. The van der Waals surface area contributed by atoms with E-state index in [1.165, 1.54) is 0 Å². The summed E-state index contributed by atoms with van der Waals surface area (Å²) in [5, 5.41) is -0.434. The maximum absolute atomic E-state index is 14.7. The number of hydrogen-bond acceptors (Lipinski definition) is 11. The van der Waals surface area contributed by atoms with E-state index in [2.05, 4.69) is 0 Å². The number of aromatic nitrogens is 2. The van der Waals surface area contributed by atoms with Crippen molar-refractivity contribution in [2.75, 3.05) is 31.3 Å². The molecule has 1 fully saturated rings. The van der Waals surface area contributed by atoms with E-state index in [1.54, 1.807) is 41.5 Å². The summed E-state index contributed by atoms with van der Waals surface area (Å²) < 4.78 is 50.7. The van der Waals surface area contributed by atoms with Gasteiger partial charge in [-0.15, -0.1) is 0 Å². The molecule has 0 saturated carbocycles. The van der Waals surface area contributed by atoms with Crippen molar-refractivity contribution >= 4 is 53.2 Å². The number of thioether (sulfide) groups is 2. The molecule has 2 rings (SSSR count). The number of H-pyrrole nitrogens is 1. The zero-order valence-electron chi connectivity index (χ0n) is 22.7. The Morgan fingerprint density at radius 3 is 2.08 bits per heavy atom. The molecule has 1 aromatic heterocycles. The maximum Gasteiger partial charge on any atom is 0.474 e. The second kappa shape index (κ2) is 14.3. The van der Waals surface area contributed by atoms with Crippen molar-refractivity contribution in [3.63, 3.8) is 0 Å². The van der Waals surface area contributed by atoms with E-state index >= 15 is 0 Å². The number of phosphoric ester groups is 1. The summed E-state index contributed by atoms with van der Waals surface area (Å²) in [6.45, 7) is 9.78. The van der Waals surface area contributed by atoms with E-state index in [9.17, 15) is 28.1 Å². The van der Waals surface area contributed by atoms with Gasteiger partial charge in [-0.1, -0.05) is 76.7 Å². The number of hydrogen-bond donors (Lipinski definition) is 1. The molecule has 11 nitrogen and oxygen atoms in total. The minimum Gasteiger partial charge on any atom is -0.349 e. The van der Waals surface area contributed by atoms with Crippen molar-refractivity contribution in [2.24, 2.45) is 10.8 Å². The van der Waals surface area contributed by atoms with Crippen LogP contribution in [0.5, 0.6) is 0 Å². The molecule has 1 aromatic rings. The summed E-state index contributed by atoms with van der Waals surface area (Å²) in [5.74, 6) is 0.349. The van der Waals surface area contributed by atoms with E-state index in [4.69, 9.17) is 29.9 Å². The van der Waals surface area contributed by atoms with Crippen molar-refractivity contribution in [3.8, 4) is 0 Å². The number of nitrogens with zero attached hydrogens (tertiary/aromatic N) is 1. The Morgan fingerprint density at radius 1 is 1.08 bits per heavy atom. The highest BCUT2D eigenvalue weighted by Crippen LogP contribution is 2.50. The third kappa shape index (κ3) is 10.7. The molecule has 0 radical (unpaired) electrons. The lowest BCUT2D eigenvalue weighted by molar-refractivity contribution is -0.118. The monoisotopic (exact) mass is 632 g/mol. The predicted octanol–water partition coefficient (Wildman–Crippen LogP) is 4.59. The molecule has 16 heteroatoms. The first-order valence-electron chi connectivity index (χ1n) is 12.1. The van der Waals surface area contributed by atoms with Gasteiger partial charge in [-0.2, -0.15) is 0 Å². The number of halogens is 2. The number of alkyl halides is 1. The molecule has 3 atom stereocenters. The molecular formula is C23H35ClFN2O9PS2. The number of carbonyl (C=O) groups excluding carboxylic acids is 2. The van der Waals surface area contributed by atoms with E-state index in [0.29, 0.717) is 0 Å². The van der Waals surface area contributed by atoms with Crippen LogP contribution in [0.4, 0.5) is 4.39 Å². The first-order valence-corrected chi connectivity index (χ1v) is 15.9. The van der Waals surface area contributed by atoms with Crippen molar-refractivity contribution in [2.45, 2.75) is 66.5 Å². The summed E-state index contributed by atoms with van der Waals surface area (Å²) in [7, 11) is -4.25. The number of nitrogens with one attached hydrogen (secondary N) is 1. The third-order valence-corrected chi connectivity index (χ3v) is 9.37. The molecule has 222 valence electrons. The van der Waals surface area contributed by atoms with Crippen LogP contribution in [-0.4, -0.2) is 63.4 Å². The Morgan fingerprint density at radius 2 is 1.59 bits per heavy atom. The van der Waals surface area contributed by atoms with Gasteiger partial charge in [-0.3, -0.25) is 37.5 Å². The second-order valence-electron chi connectivity index (χ2n) is 10.7. The summed E-state index contributed by atoms with van der Waals surface area (Å²) in [4.78, 5) is 49.9. The second-order valence-corrected chi connectivity index (χ2v) is 14.9. The van der Waals surface area contributed by atoms with Crippen molar-refractivity contribution in [3.05, 3.63) is 32.1 Å². The molecule has 0 bridgehead atoms.